The van der Waals surface area contributed by atoms with Gasteiger partial charge < -0.3 is 15.4 Å². The molecule has 0 spiro atoms. The van der Waals surface area contributed by atoms with E-state index in [4.69, 9.17) is 4.74 Å². The van der Waals surface area contributed by atoms with Crippen molar-refractivity contribution in [2.75, 3.05) is 39.8 Å². The topological polar surface area (TPSA) is 53.6 Å². The van der Waals surface area contributed by atoms with Crippen LogP contribution in [0.2, 0.25) is 0 Å². The van der Waals surface area contributed by atoms with Crippen molar-refractivity contribution in [3.8, 4) is 5.75 Å². The van der Waals surface area contributed by atoms with Crippen LogP contribution in [0.25, 0.3) is 0 Å². The number of carbonyl (C=O) groups excluding carboxylic acids is 1. The van der Waals surface area contributed by atoms with Gasteiger partial charge in [-0.25, -0.2) is 0 Å². The number of carbonyl (C=O) groups is 1. The van der Waals surface area contributed by atoms with Crippen molar-refractivity contribution in [3.05, 3.63) is 29.8 Å². The van der Waals surface area contributed by atoms with Crippen LogP contribution in [0.1, 0.15) is 18.4 Å². The van der Waals surface area contributed by atoms with E-state index in [0.29, 0.717) is 31.9 Å². The minimum absolute atomic E-state index is 0.314. The molecule has 0 bridgehead atoms. The summed E-state index contributed by atoms with van der Waals surface area (Å²) in [6.45, 7) is 2.89. The van der Waals surface area contributed by atoms with Crippen LogP contribution >= 0.6 is 0 Å². The molecule has 1 fully saturated rings. The number of benzene rings is 1. The highest BCUT2D eigenvalue weighted by atomic mass is 19.4. The minimum Gasteiger partial charge on any atom is -0.497 e. The van der Waals surface area contributed by atoms with E-state index in [0.717, 1.165) is 5.56 Å². The molecule has 1 aromatic rings. The summed E-state index contributed by atoms with van der Waals surface area (Å²) in [6.07, 6.45) is -4.38. The molecule has 1 aliphatic rings. The molecule has 2 rings (SSSR count). The highest BCUT2D eigenvalue weighted by molar-refractivity contribution is 5.83. The third-order valence-electron chi connectivity index (χ3n) is 4.45. The van der Waals surface area contributed by atoms with Gasteiger partial charge in [-0.15, -0.1) is 0 Å². The summed E-state index contributed by atoms with van der Waals surface area (Å²) in [5.41, 5.74) is 0.726. The number of halogens is 3. The highest BCUT2D eigenvalue weighted by Gasteiger charge is 2.43. The van der Waals surface area contributed by atoms with Gasteiger partial charge in [-0.3, -0.25) is 9.69 Å². The van der Waals surface area contributed by atoms with Gasteiger partial charge in [0.2, 0.25) is 5.91 Å². The van der Waals surface area contributed by atoms with Crippen molar-refractivity contribution in [2.45, 2.75) is 25.1 Å². The molecule has 0 radical (unpaired) electrons. The average Bonchev–Trinajstić information content (AvgIpc) is 2.61. The number of nitrogens with zero attached hydrogens (tertiary/aromatic N) is 1. The molecule has 1 saturated heterocycles. The van der Waals surface area contributed by atoms with Gasteiger partial charge in [0.1, 0.15) is 11.8 Å². The van der Waals surface area contributed by atoms with E-state index >= 15 is 0 Å². The number of rotatable bonds is 6. The van der Waals surface area contributed by atoms with Crippen molar-refractivity contribution in [1.29, 1.82) is 0 Å². The molecule has 2 N–H and O–H groups in total. The largest absolute Gasteiger partial charge is 0.497 e. The standard InChI is InChI=1S/C17H24F3N3O2/c1-12(13-3-5-14(25-2)6-4-13)16(24)22-11-15(17(18,19)20)23-9-7-21-8-10-23/h3-6,12,15,21H,7-11H2,1-2H3,(H,22,24). The molecule has 2 unspecified atom stereocenters. The molecule has 0 aromatic heterocycles. The van der Waals surface area contributed by atoms with Gasteiger partial charge in [0.15, 0.2) is 0 Å². The predicted molar refractivity (Wildman–Crippen MR) is 88.7 cm³/mol. The van der Waals surface area contributed by atoms with Gasteiger partial charge in [0.25, 0.3) is 0 Å². The molecule has 1 aromatic carbocycles. The molecule has 0 aliphatic carbocycles. The first kappa shape index (κ1) is 19.5. The van der Waals surface area contributed by atoms with Crippen LogP contribution < -0.4 is 15.4 Å². The summed E-state index contributed by atoms with van der Waals surface area (Å²) in [5.74, 6) is -0.301. The fourth-order valence-corrected chi connectivity index (χ4v) is 2.84. The molecule has 5 nitrogen and oxygen atoms in total. The van der Waals surface area contributed by atoms with E-state index < -0.39 is 30.6 Å². The third kappa shape index (κ3) is 5.34. The van der Waals surface area contributed by atoms with Gasteiger partial charge in [-0.2, -0.15) is 13.2 Å². The fourth-order valence-electron chi connectivity index (χ4n) is 2.84. The van der Waals surface area contributed by atoms with Gasteiger partial charge >= 0.3 is 6.18 Å². The van der Waals surface area contributed by atoms with E-state index in [1.54, 1.807) is 38.3 Å². The summed E-state index contributed by atoms with van der Waals surface area (Å²) in [4.78, 5) is 13.6. The van der Waals surface area contributed by atoms with Crippen molar-refractivity contribution in [3.63, 3.8) is 0 Å². The quantitative estimate of drug-likeness (QED) is 0.813. The van der Waals surface area contributed by atoms with Gasteiger partial charge in [-0.1, -0.05) is 12.1 Å². The molecular formula is C17H24F3N3O2. The van der Waals surface area contributed by atoms with E-state index in [9.17, 15) is 18.0 Å². The van der Waals surface area contributed by atoms with Gasteiger partial charge in [0.05, 0.1) is 13.0 Å². The van der Waals surface area contributed by atoms with E-state index in [-0.39, 0.29) is 0 Å². The average molecular weight is 359 g/mol. The van der Waals surface area contributed by atoms with Crippen molar-refractivity contribution in [2.24, 2.45) is 0 Å². The third-order valence-corrected chi connectivity index (χ3v) is 4.45. The Balaban J connectivity index is 1.97. The molecule has 1 amide bonds. The Bertz CT molecular complexity index is 557. The SMILES string of the molecule is COc1ccc(C(C)C(=O)NCC(N2CCNCC2)C(F)(F)F)cc1. The first-order valence-electron chi connectivity index (χ1n) is 8.26. The Kier molecular flexibility index (Phi) is 6.66. The molecule has 8 heteroatoms. The Hall–Kier alpha value is -1.80. The molecule has 0 saturated carbocycles. The van der Waals surface area contributed by atoms with Crippen LogP contribution in [-0.2, 0) is 4.79 Å². The minimum atomic E-state index is -4.38. The molecule has 2 atom stereocenters. The maximum Gasteiger partial charge on any atom is 0.405 e. The number of nitrogens with one attached hydrogen (secondary N) is 2. The number of hydrogen-bond donors (Lipinski definition) is 2. The number of alkyl halides is 3. The molecule has 140 valence electrons. The summed E-state index contributed by atoms with van der Waals surface area (Å²) in [5, 5.41) is 5.49. The monoisotopic (exact) mass is 359 g/mol. The smallest absolute Gasteiger partial charge is 0.405 e. The summed E-state index contributed by atoms with van der Waals surface area (Å²) < 4.78 is 45.1. The Morgan fingerprint density at radius 3 is 2.40 bits per heavy atom. The van der Waals surface area contributed by atoms with Crippen LogP contribution in [-0.4, -0.2) is 62.9 Å². The second-order valence-electron chi connectivity index (χ2n) is 6.08. The van der Waals surface area contributed by atoms with Crippen LogP contribution in [0, 0.1) is 0 Å². The summed E-state index contributed by atoms with van der Waals surface area (Å²) in [7, 11) is 1.54. The fraction of sp³-hybridized carbons (Fsp3) is 0.588. The summed E-state index contributed by atoms with van der Waals surface area (Å²) in [6, 6.07) is 5.25. The van der Waals surface area contributed by atoms with E-state index in [1.807, 2.05) is 0 Å². The van der Waals surface area contributed by atoms with Crippen LogP contribution in [0.4, 0.5) is 13.2 Å². The van der Waals surface area contributed by atoms with E-state index in [1.165, 1.54) is 4.90 Å². The van der Waals surface area contributed by atoms with E-state index in [2.05, 4.69) is 10.6 Å². The van der Waals surface area contributed by atoms with Gasteiger partial charge in [0, 0.05) is 32.7 Å². The van der Waals surface area contributed by atoms with Crippen LogP contribution in [0.5, 0.6) is 5.75 Å². The lowest BCUT2D eigenvalue weighted by Crippen LogP contribution is -2.57. The zero-order chi connectivity index (χ0) is 18.4. The lowest BCUT2D eigenvalue weighted by molar-refractivity contribution is -0.184. The first-order chi connectivity index (χ1) is 11.8. The Morgan fingerprint density at radius 2 is 1.88 bits per heavy atom. The van der Waals surface area contributed by atoms with Gasteiger partial charge in [-0.05, 0) is 24.6 Å². The Morgan fingerprint density at radius 1 is 1.28 bits per heavy atom. The lowest BCUT2D eigenvalue weighted by Gasteiger charge is -2.36. The van der Waals surface area contributed by atoms with Crippen molar-refractivity contribution < 1.29 is 22.7 Å². The number of methoxy groups -OCH3 is 1. The second kappa shape index (κ2) is 8.53. The number of amides is 1. The van der Waals surface area contributed by atoms with Crippen molar-refractivity contribution in [1.82, 2.24) is 15.5 Å². The zero-order valence-corrected chi connectivity index (χ0v) is 14.4. The maximum absolute atomic E-state index is 13.3. The highest BCUT2D eigenvalue weighted by Crippen LogP contribution is 2.25. The maximum atomic E-state index is 13.3. The van der Waals surface area contributed by atoms with Crippen LogP contribution in [0.3, 0.4) is 0 Å². The predicted octanol–water partition coefficient (Wildman–Crippen LogP) is 1.75. The number of piperazine rings is 1. The second-order valence-corrected chi connectivity index (χ2v) is 6.08. The normalized spacial score (nSPS) is 18.4. The molecule has 1 aliphatic heterocycles. The molecule has 25 heavy (non-hydrogen) atoms. The lowest BCUT2D eigenvalue weighted by atomic mass is 10.00. The number of hydrogen-bond acceptors (Lipinski definition) is 4. The Labute approximate surface area is 145 Å². The summed E-state index contributed by atoms with van der Waals surface area (Å²) >= 11 is 0. The van der Waals surface area contributed by atoms with Crippen molar-refractivity contribution >= 4 is 5.91 Å². The number of ether oxygens (including phenoxy) is 1. The molecule has 1 heterocycles. The first-order valence-corrected chi connectivity index (χ1v) is 8.26. The molecular weight excluding hydrogens is 335 g/mol. The van der Waals surface area contributed by atoms with Crippen LogP contribution in [0.15, 0.2) is 24.3 Å². The zero-order valence-electron chi connectivity index (χ0n) is 14.4.